The molecule has 3 heterocycles. The third kappa shape index (κ3) is 2.91. The molecule has 2 N–H and O–H groups in total. The van der Waals surface area contributed by atoms with Crippen LogP contribution in [0.25, 0.3) is 27.4 Å². The maximum atomic E-state index is 13.4. The molecule has 1 aliphatic rings. The second kappa shape index (κ2) is 6.80. The Morgan fingerprint density at radius 1 is 1.17 bits per heavy atom. The summed E-state index contributed by atoms with van der Waals surface area (Å²) in [5.41, 5.74) is 3.14. The first-order valence-electron chi connectivity index (χ1n) is 9.38. The number of nitrogens with zero attached hydrogens (tertiary/aromatic N) is 3. The van der Waals surface area contributed by atoms with E-state index >= 15 is 0 Å². The molecule has 2 aromatic heterocycles. The predicted octanol–water partition coefficient (Wildman–Crippen LogP) is 3.75. The fraction of sp³-hybridized carbons (Fsp3) is 0.143. The van der Waals surface area contributed by atoms with Gasteiger partial charge >= 0.3 is 0 Å². The number of aromatic nitrogens is 3. The van der Waals surface area contributed by atoms with Crippen molar-refractivity contribution in [3.05, 3.63) is 80.8 Å². The number of rotatable bonds is 3. The number of anilines is 1. The number of hydrogen-bond acceptors (Lipinski definition) is 5. The topological polar surface area (TPSA) is 108 Å². The minimum atomic E-state index is -0.478. The van der Waals surface area contributed by atoms with Crippen molar-refractivity contribution >= 4 is 38.8 Å². The average molecular weight is 405 g/mol. The Bertz CT molecular complexity index is 1410. The van der Waals surface area contributed by atoms with Crippen LogP contribution in [0.15, 0.2) is 53.7 Å². The summed E-state index contributed by atoms with van der Waals surface area (Å²) in [6, 6.07) is 7.52. The molecule has 30 heavy (non-hydrogen) atoms. The molecule has 0 bridgehead atoms. The Morgan fingerprint density at radius 2 is 2.03 bits per heavy atom. The highest BCUT2D eigenvalue weighted by Crippen LogP contribution is 2.35. The van der Waals surface area contributed by atoms with Crippen LogP contribution in [0.2, 0.25) is 0 Å². The van der Waals surface area contributed by atoms with E-state index in [1.807, 2.05) is 17.2 Å². The minimum Gasteiger partial charge on any atom is -0.362 e. The zero-order valence-corrected chi connectivity index (χ0v) is 15.7. The lowest BCUT2D eigenvalue weighted by Crippen LogP contribution is -2.29. The van der Waals surface area contributed by atoms with Gasteiger partial charge in [-0.05, 0) is 36.3 Å². The Labute approximate surface area is 168 Å². The summed E-state index contributed by atoms with van der Waals surface area (Å²) in [6.45, 7) is 1.04. The van der Waals surface area contributed by atoms with Gasteiger partial charge in [0.25, 0.3) is 11.2 Å². The highest BCUT2D eigenvalue weighted by atomic mass is 19.1. The number of aromatic amines is 2. The van der Waals surface area contributed by atoms with Gasteiger partial charge in [-0.25, -0.2) is 9.37 Å². The number of halogens is 1. The fourth-order valence-electron chi connectivity index (χ4n) is 3.99. The van der Waals surface area contributed by atoms with Gasteiger partial charge in [-0.1, -0.05) is 6.08 Å². The van der Waals surface area contributed by atoms with E-state index in [4.69, 9.17) is 0 Å². The molecule has 0 saturated carbocycles. The lowest BCUT2D eigenvalue weighted by molar-refractivity contribution is -0.384. The van der Waals surface area contributed by atoms with Crippen LogP contribution in [0.5, 0.6) is 0 Å². The fourth-order valence-corrected chi connectivity index (χ4v) is 3.99. The Hall–Kier alpha value is -4.01. The van der Waals surface area contributed by atoms with E-state index in [1.165, 1.54) is 24.5 Å². The van der Waals surface area contributed by atoms with Crippen LogP contribution >= 0.6 is 0 Å². The summed E-state index contributed by atoms with van der Waals surface area (Å²) in [4.78, 5) is 34.7. The van der Waals surface area contributed by atoms with Gasteiger partial charge in [0.1, 0.15) is 11.5 Å². The van der Waals surface area contributed by atoms with Crippen LogP contribution in [-0.4, -0.2) is 33.0 Å². The summed E-state index contributed by atoms with van der Waals surface area (Å²) < 4.78 is 13.4. The third-order valence-electron chi connectivity index (χ3n) is 5.47. The predicted molar refractivity (Wildman–Crippen MR) is 112 cm³/mol. The number of benzene rings is 2. The van der Waals surface area contributed by atoms with Crippen molar-refractivity contribution in [1.82, 2.24) is 15.0 Å². The molecular formula is C21H16FN5O3. The van der Waals surface area contributed by atoms with Crippen LogP contribution in [-0.2, 0) is 0 Å². The summed E-state index contributed by atoms with van der Waals surface area (Å²) >= 11 is 0. The van der Waals surface area contributed by atoms with Crippen LogP contribution in [0.4, 0.5) is 15.8 Å². The first-order valence-corrected chi connectivity index (χ1v) is 9.38. The van der Waals surface area contributed by atoms with Crippen LogP contribution in [0.1, 0.15) is 12.0 Å². The van der Waals surface area contributed by atoms with Gasteiger partial charge < -0.3 is 14.9 Å². The summed E-state index contributed by atoms with van der Waals surface area (Å²) in [5.74, 6) is -0.296. The Balaban J connectivity index is 1.52. The Kier molecular flexibility index (Phi) is 4.09. The highest BCUT2D eigenvalue weighted by molar-refractivity contribution is 5.93. The first-order chi connectivity index (χ1) is 14.5. The van der Waals surface area contributed by atoms with Crippen molar-refractivity contribution in [2.75, 3.05) is 18.0 Å². The number of nitro groups is 1. The highest BCUT2D eigenvalue weighted by Gasteiger charge is 2.24. The van der Waals surface area contributed by atoms with Gasteiger partial charge in [-0.3, -0.25) is 14.9 Å². The van der Waals surface area contributed by atoms with Gasteiger partial charge in [-0.2, -0.15) is 0 Å². The number of nitrogens with one attached hydrogen (secondary N) is 2. The molecule has 0 unspecified atom stereocenters. The average Bonchev–Trinajstić information content (AvgIpc) is 3.16. The van der Waals surface area contributed by atoms with Gasteiger partial charge in [0.15, 0.2) is 0 Å². The van der Waals surface area contributed by atoms with Crippen molar-refractivity contribution in [3.8, 4) is 0 Å². The van der Waals surface area contributed by atoms with E-state index < -0.39 is 10.5 Å². The second-order valence-electron chi connectivity index (χ2n) is 7.16. The molecule has 2 aromatic carbocycles. The lowest BCUT2D eigenvalue weighted by atomic mass is 9.98. The lowest BCUT2D eigenvalue weighted by Gasteiger charge is -2.28. The molecule has 0 saturated heterocycles. The normalized spacial score (nSPS) is 14.3. The van der Waals surface area contributed by atoms with Gasteiger partial charge in [0.2, 0.25) is 0 Å². The SMILES string of the molecule is O=c1[nH]cnc2cc(N3CC=C(c4c[nH]c5cc(F)ccc45)CC3)c([N+](=O)[O-])cc12. The Morgan fingerprint density at radius 3 is 2.80 bits per heavy atom. The molecule has 0 fully saturated rings. The molecule has 0 spiro atoms. The molecular weight excluding hydrogens is 389 g/mol. The van der Waals surface area contributed by atoms with E-state index in [-0.39, 0.29) is 16.9 Å². The quantitative estimate of drug-likeness (QED) is 0.399. The second-order valence-corrected chi connectivity index (χ2v) is 7.16. The van der Waals surface area contributed by atoms with Crippen molar-refractivity contribution in [1.29, 1.82) is 0 Å². The molecule has 0 atom stereocenters. The maximum Gasteiger partial charge on any atom is 0.293 e. The number of fused-ring (bicyclic) bond motifs is 2. The number of H-pyrrole nitrogens is 2. The smallest absolute Gasteiger partial charge is 0.293 e. The van der Waals surface area contributed by atoms with Crippen molar-refractivity contribution in [2.24, 2.45) is 0 Å². The van der Waals surface area contributed by atoms with E-state index in [2.05, 4.69) is 15.0 Å². The van der Waals surface area contributed by atoms with E-state index in [0.717, 1.165) is 22.0 Å². The monoisotopic (exact) mass is 405 g/mol. The summed E-state index contributed by atoms with van der Waals surface area (Å²) in [5, 5.41) is 12.8. The standard InChI is InChI=1S/C21H16FN5O3/c22-13-1-2-14-16(10-23-17(14)7-13)12-3-5-26(6-4-12)19-9-18-15(8-20(19)27(29)30)21(28)25-11-24-18/h1-3,7-11,23H,4-6H2,(H,24,25,28). The first kappa shape index (κ1) is 18.0. The van der Waals surface area contributed by atoms with E-state index in [0.29, 0.717) is 30.7 Å². The molecule has 5 rings (SSSR count). The van der Waals surface area contributed by atoms with Crippen LogP contribution in [0.3, 0.4) is 0 Å². The molecule has 150 valence electrons. The van der Waals surface area contributed by atoms with Gasteiger partial charge in [0.05, 0.1) is 22.2 Å². The largest absolute Gasteiger partial charge is 0.362 e. The molecule has 0 radical (unpaired) electrons. The number of nitro benzene ring substituents is 1. The maximum absolute atomic E-state index is 13.4. The molecule has 1 aliphatic heterocycles. The zero-order valence-electron chi connectivity index (χ0n) is 15.7. The number of hydrogen-bond donors (Lipinski definition) is 2. The summed E-state index contributed by atoms with van der Waals surface area (Å²) in [6.07, 6.45) is 5.84. The van der Waals surface area contributed by atoms with E-state index in [9.17, 15) is 19.3 Å². The minimum absolute atomic E-state index is 0.125. The van der Waals surface area contributed by atoms with Gasteiger partial charge in [0, 0.05) is 41.8 Å². The zero-order chi connectivity index (χ0) is 20.8. The van der Waals surface area contributed by atoms with Crippen LogP contribution < -0.4 is 10.5 Å². The molecule has 0 aliphatic carbocycles. The van der Waals surface area contributed by atoms with Crippen LogP contribution in [0, 0.1) is 15.9 Å². The molecule has 8 nitrogen and oxygen atoms in total. The summed E-state index contributed by atoms with van der Waals surface area (Å²) in [7, 11) is 0. The molecule has 0 amide bonds. The van der Waals surface area contributed by atoms with Crippen molar-refractivity contribution in [3.63, 3.8) is 0 Å². The molecule has 4 aromatic rings. The van der Waals surface area contributed by atoms with Gasteiger partial charge in [-0.15, -0.1) is 0 Å². The molecule has 9 heteroatoms. The third-order valence-corrected chi connectivity index (χ3v) is 5.47. The van der Waals surface area contributed by atoms with E-state index in [1.54, 1.807) is 12.1 Å². The van der Waals surface area contributed by atoms with Crippen molar-refractivity contribution in [2.45, 2.75) is 6.42 Å². The van der Waals surface area contributed by atoms with Crippen molar-refractivity contribution < 1.29 is 9.31 Å².